The molecule has 2 unspecified atom stereocenters. The Hall–Kier alpha value is -2.04. The third kappa shape index (κ3) is 3.49. The maximum Gasteiger partial charge on any atom is 0.317 e. The summed E-state index contributed by atoms with van der Waals surface area (Å²) < 4.78 is 4.92. The number of fused-ring (bicyclic) bond motifs is 1. The number of carbonyl (C=O) groups excluding carboxylic acids is 1. The molecule has 23 heavy (non-hydrogen) atoms. The molecule has 0 amide bonds. The van der Waals surface area contributed by atoms with Gasteiger partial charge >= 0.3 is 5.97 Å². The van der Waals surface area contributed by atoms with E-state index in [9.17, 15) is 9.90 Å². The van der Waals surface area contributed by atoms with E-state index in [1.165, 1.54) is 5.56 Å². The molecule has 0 saturated heterocycles. The number of nitrogens with zero attached hydrogens (tertiary/aromatic N) is 3. The molecule has 0 aliphatic heterocycles. The van der Waals surface area contributed by atoms with Gasteiger partial charge in [0.05, 0.1) is 12.7 Å². The molecule has 2 atom stereocenters. The van der Waals surface area contributed by atoms with Crippen LogP contribution in [0.3, 0.4) is 0 Å². The molecule has 1 aliphatic carbocycles. The van der Waals surface area contributed by atoms with Crippen LogP contribution >= 0.6 is 0 Å². The van der Waals surface area contributed by atoms with Crippen molar-refractivity contribution in [2.75, 3.05) is 6.61 Å². The third-order valence-electron chi connectivity index (χ3n) is 4.49. The Labute approximate surface area is 136 Å². The summed E-state index contributed by atoms with van der Waals surface area (Å²) in [6.07, 6.45) is 1.75. The summed E-state index contributed by atoms with van der Waals surface area (Å²) in [5.41, 5.74) is 11.6. The summed E-state index contributed by atoms with van der Waals surface area (Å²) in [5, 5.41) is 14.1. The van der Waals surface area contributed by atoms with Crippen LogP contribution in [0.15, 0.2) is 23.3 Å². The SMILES string of the molecule is CCOC(=O)C(N=[N+]=[N-])C(O)c1cccc2c1CCCC2(C)C. The number of hydrogen-bond donors (Lipinski definition) is 1. The lowest BCUT2D eigenvalue weighted by molar-refractivity contribution is -0.147. The molecule has 0 fully saturated rings. The Morgan fingerprint density at radius 3 is 2.91 bits per heavy atom. The van der Waals surface area contributed by atoms with Gasteiger partial charge in [0.1, 0.15) is 0 Å². The number of benzene rings is 1. The van der Waals surface area contributed by atoms with Crippen LogP contribution in [0.25, 0.3) is 10.4 Å². The Morgan fingerprint density at radius 1 is 1.52 bits per heavy atom. The minimum Gasteiger partial charge on any atom is -0.466 e. The molecule has 2 rings (SSSR count). The molecule has 1 aliphatic rings. The van der Waals surface area contributed by atoms with Gasteiger partial charge in [0, 0.05) is 4.91 Å². The third-order valence-corrected chi connectivity index (χ3v) is 4.49. The number of rotatable bonds is 5. The van der Waals surface area contributed by atoms with Crippen LogP contribution in [-0.4, -0.2) is 23.7 Å². The van der Waals surface area contributed by atoms with Crippen molar-refractivity contribution in [2.45, 2.75) is 57.6 Å². The minimum atomic E-state index is -1.27. The highest BCUT2D eigenvalue weighted by molar-refractivity contribution is 5.77. The Bertz CT molecular complexity index is 636. The van der Waals surface area contributed by atoms with E-state index < -0.39 is 18.1 Å². The quantitative estimate of drug-likeness (QED) is 0.389. The molecule has 1 aromatic rings. The smallest absolute Gasteiger partial charge is 0.317 e. The molecule has 0 aromatic heterocycles. The summed E-state index contributed by atoms with van der Waals surface area (Å²) in [4.78, 5) is 14.7. The predicted octanol–water partition coefficient (Wildman–Crippen LogP) is 3.58. The Kier molecular flexibility index (Phi) is 5.29. The second-order valence-corrected chi connectivity index (χ2v) is 6.46. The first-order chi connectivity index (χ1) is 10.9. The average molecular weight is 317 g/mol. The first-order valence-corrected chi connectivity index (χ1v) is 7.93. The molecular formula is C17H23N3O3. The van der Waals surface area contributed by atoms with Crippen molar-refractivity contribution in [1.29, 1.82) is 0 Å². The van der Waals surface area contributed by atoms with Gasteiger partial charge in [-0.25, -0.2) is 0 Å². The monoisotopic (exact) mass is 317 g/mol. The maximum atomic E-state index is 12.0. The lowest BCUT2D eigenvalue weighted by Crippen LogP contribution is -2.31. The van der Waals surface area contributed by atoms with Crippen LogP contribution in [0.4, 0.5) is 0 Å². The van der Waals surface area contributed by atoms with Crippen LogP contribution in [-0.2, 0) is 21.4 Å². The molecule has 124 valence electrons. The van der Waals surface area contributed by atoms with Crippen molar-refractivity contribution >= 4 is 5.97 Å². The van der Waals surface area contributed by atoms with Crippen molar-refractivity contribution in [3.63, 3.8) is 0 Å². The largest absolute Gasteiger partial charge is 0.466 e. The van der Waals surface area contributed by atoms with Gasteiger partial charge in [-0.05, 0) is 53.8 Å². The van der Waals surface area contributed by atoms with Gasteiger partial charge in [-0.1, -0.05) is 37.2 Å². The van der Waals surface area contributed by atoms with Gasteiger partial charge in [0.2, 0.25) is 0 Å². The number of ether oxygens (including phenoxy) is 1. The van der Waals surface area contributed by atoms with Crippen molar-refractivity contribution in [1.82, 2.24) is 0 Å². The Morgan fingerprint density at radius 2 is 2.26 bits per heavy atom. The second kappa shape index (κ2) is 7.02. The zero-order valence-corrected chi connectivity index (χ0v) is 13.8. The van der Waals surface area contributed by atoms with Crippen LogP contribution < -0.4 is 0 Å². The zero-order chi connectivity index (χ0) is 17.0. The van der Waals surface area contributed by atoms with E-state index in [1.807, 2.05) is 6.07 Å². The molecule has 0 radical (unpaired) electrons. The molecule has 1 aromatic carbocycles. The standard InChI is InChI=1S/C17H23N3O3/c1-4-23-16(22)14(19-20-18)15(21)12-7-5-9-13-11(12)8-6-10-17(13,2)3/h5,7,9,14-15,21H,4,6,8,10H2,1-3H3. The highest BCUT2D eigenvalue weighted by atomic mass is 16.5. The predicted molar refractivity (Wildman–Crippen MR) is 86.9 cm³/mol. The summed E-state index contributed by atoms with van der Waals surface area (Å²) in [7, 11) is 0. The van der Waals surface area contributed by atoms with Gasteiger partial charge in [-0.3, -0.25) is 4.79 Å². The van der Waals surface area contributed by atoms with E-state index in [2.05, 4.69) is 29.9 Å². The molecular weight excluding hydrogens is 294 g/mol. The van der Waals surface area contributed by atoms with E-state index in [0.717, 1.165) is 24.8 Å². The molecule has 0 bridgehead atoms. The summed E-state index contributed by atoms with van der Waals surface area (Å²) in [6.45, 7) is 6.20. The van der Waals surface area contributed by atoms with Crippen molar-refractivity contribution in [3.8, 4) is 0 Å². The second-order valence-electron chi connectivity index (χ2n) is 6.46. The first-order valence-electron chi connectivity index (χ1n) is 7.93. The highest BCUT2D eigenvalue weighted by Crippen LogP contribution is 2.40. The van der Waals surface area contributed by atoms with Crippen molar-refractivity contribution in [2.24, 2.45) is 5.11 Å². The van der Waals surface area contributed by atoms with Crippen molar-refractivity contribution in [3.05, 3.63) is 45.3 Å². The van der Waals surface area contributed by atoms with E-state index in [4.69, 9.17) is 10.3 Å². The number of carbonyl (C=O) groups is 1. The number of azide groups is 1. The fraction of sp³-hybridized carbons (Fsp3) is 0.588. The van der Waals surface area contributed by atoms with Gasteiger partial charge < -0.3 is 9.84 Å². The molecule has 6 heteroatoms. The van der Waals surface area contributed by atoms with Gasteiger partial charge in [0.15, 0.2) is 6.04 Å². The number of hydrogen-bond acceptors (Lipinski definition) is 4. The maximum absolute atomic E-state index is 12.0. The molecule has 0 saturated carbocycles. The van der Waals surface area contributed by atoms with Gasteiger partial charge in [-0.2, -0.15) is 0 Å². The fourth-order valence-electron chi connectivity index (χ4n) is 3.33. The van der Waals surface area contributed by atoms with Crippen LogP contribution in [0.1, 0.15) is 56.4 Å². The first kappa shape index (κ1) is 17.3. The normalized spacial score (nSPS) is 18.3. The van der Waals surface area contributed by atoms with E-state index in [1.54, 1.807) is 13.0 Å². The number of esters is 1. The molecule has 0 heterocycles. The van der Waals surface area contributed by atoms with Crippen LogP contribution in [0, 0.1) is 0 Å². The fourth-order valence-corrected chi connectivity index (χ4v) is 3.33. The molecule has 1 N–H and O–H groups in total. The highest BCUT2D eigenvalue weighted by Gasteiger charge is 2.34. The average Bonchev–Trinajstić information content (AvgIpc) is 2.51. The van der Waals surface area contributed by atoms with Gasteiger partial charge in [-0.15, -0.1) is 0 Å². The topological polar surface area (TPSA) is 95.3 Å². The lowest BCUT2D eigenvalue weighted by Gasteiger charge is -2.35. The zero-order valence-electron chi connectivity index (χ0n) is 13.8. The van der Waals surface area contributed by atoms with E-state index in [-0.39, 0.29) is 12.0 Å². The molecule has 0 spiro atoms. The van der Waals surface area contributed by atoms with Crippen LogP contribution in [0.5, 0.6) is 0 Å². The van der Waals surface area contributed by atoms with Gasteiger partial charge in [0.25, 0.3) is 0 Å². The summed E-state index contributed by atoms with van der Waals surface area (Å²) >= 11 is 0. The molecule has 6 nitrogen and oxygen atoms in total. The summed E-state index contributed by atoms with van der Waals surface area (Å²) in [6, 6.07) is 4.47. The minimum absolute atomic E-state index is 0.0290. The van der Waals surface area contributed by atoms with E-state index in [0.29, 0.717) is 5.56 Å². The lowest BCUT2D eigenvalue weighted by atomic mass is 9.71. The van der Waals surface area contributed by atoms with Crippen molar-refractivity contribution < 1.29 is 14.6 Å². The number of aliphatic hydroxyl groups excluding tert-OH is 1. The number of aliphatic hydroxyl groups is 1. The summed E-state index contributed by atoms with van der Waals surface area (Å²) in [5.74, 6) is -0.703. The van der Waals surface area contributed by atoms with Crippen LogP contribution in [0.2, 0.25) is 0 Å². The Balaban J connectivity index is 2.44. The van der Waals surface area contributed by atoms with E-state index >= 15 is 0 Å².